The minimum atomic E-state index is -0.672. The van der Waals surface area contributed by atoms with Crippen LogP contribution in [0.1, 0.15) is 52.1 Å². The Morgan fingerprint density at radius 3 is 1.52 bits per heavy atom. The van der Waals surface area contributed by atoms with Crippen LogP contribution in [-0.2, 0) is 9.53 Å². The zero-order valence-electron chi connectivity index (χ0n) is 22.4. The van der Waals surface area contributed by atoms with Gasteiger partial charge in [-0.15, -0.1) is 0 Å². The van der Waals surface area contributed by atoms with Gasteiger partial charge in [0.05, 0.1) is 13.2 Å². The Bertz CT molecular complexity index is 1380. The fourth-order valence-corrected chi connectivity index (χ4v) is 3.53. The zero-order valence-corrected chi connectivity index (χ0v) is 24.0. The second-order valence-electron chi connectivity index (χ2n) is 9.27. The zero-order chi connectivity index (χ0) is 29.0. The van der Waals surface area contributed by atoms with E-state index in [1.54, 1.807) is 74.5 Å². The van der Waals surface area contributed by atoms with Crippen molar-refractivity contribution >= 4 is 33.5 Å². The van der Waals surface area contributed by atoms with Gasteiger partial charge in [-0.1, -0.05) is 76.6 Å². The number of carbonyl (C=O) groups is 3. The second-order valence-corrected chi connectivity index (χ2v) is 11.3. The normalized spacial score (nSPS) is 10.6. The molecule has 0 bridgehead atoms. The number of phenolic OH excluding ortho intramolecular Hbond substituents is 1. The van der Waals surface area contributed by atoms with Crippen molar-refractivity contribution in [3.8, 4) is 11.5 Å². The largest absolute Gasteiger partial charge is 0.508 e. The van der Waals surface area contributed by atoms with Crippen LogP contribution in [0.3, 0.4) is 0 Å². The van der Waals surface area contributed by atoms with Crippen LogP contribution in [0, 0.1) is 0 Å². The number of aromatic hydroxyl groups is 1. The molecule has 0 aromatic heterocycles. The molecule has 0 amide bonds. The van der Waals surface area contributed by atoms with Crippen LogP contribution in [0.25, 0.3) is 0 Å². The Labute approximate surface area is 242 Å². The van der Waals surface area contributed by atoms with Crippen LogP contribution < -0.4 is 4.74 Å². The molecule has 206 valence electrons. The molecule has 6 nitrogen and oxygen atoms in total. The van der Waals surface area contributed by atoms with E-state index in [-0.39, 0.29) is 23.3 Å². The third-order valence-electron chi connectivity index (χ3n) is 5.59. The number of carbonyl (C=O) groups excluding carboxylic acids is 3. The number of hydrogen-bond donors (Lipinski definition) is 1. The molecule has 40 heavy (non-hydrogen) atoms. The maximum absolute atomic E-state index is 12.3. The highest BCUT2D eigenvalue weighted by Gasteiger charge is 2.25. The van der Waals surface area contributed by atoms with E-state index < -0.39 is 4.32 Å². The molecular formula is C33H31BrO6. The van der Waals surface area contributed by atoms with Crippen LogP contribution in [0.2, 0.25) is 0 Å². The number of benzene rings is 4. The maximum atomic E-state index is 12.3. The standard InChI is InChI=1S/C20H21BrO4.C13H10O2/c1-20(2,21)19(23)25-14-6-13-24-17-11-9-16(10-12-17)18(22)15-7-4-3-5-8-15;14-12-8-6-11(7-9-12)13(15)10-4-2-1-3-5-10/h3-5,7-12H,6,13-14H2,1-2H3;1-9,14H. The summed E-state index contributed by atoms with van der Waals surface area (Å²) in [4.78, 5) is 35.8. The van der Waals surface area contributed by atoms with Gasteiger partial charge in [0.25, 0.3) is 0 Å². The molecule has 0 unspecified atom stereocenters. The predicted molar refractivity (Wildman–Crippen MR) is 158 cm³/mol. The Balaban J connectivity index is 0.000000249. The molecule has 7 heteroatoms. The van der Waals surface area contributed by atoms with Gasteiger partial charge >= 0.3 is 5.97 Å². The van der Waals surface area contributed by atoms with E-state index in [0.29, 0.717) is 47.6 Å². The van der Waals surface area contributed by atoms with Gasteiger partial charge in [-0.05, 0) is 62.4 Å². The number of alkyl halides is 1. The number of esters is 1. The van der Waals surface area contributed by atoms with Crippen molar-refractivity contribution in [2.24, 2.45) is 0 Å². The van der Waals surface area contributed by atoms with Crippen LogP contribution in [0.15, 0.2) is 109 Å². The van der Waals surface area contributed by atoms with Crippen molar-refractivity contribution in [1.29, 1.82) is 0 Å². The summed E-state index contributed by atoms with van der Waals surface area (Å²) in [6, 6.07) is 31.5. The molecule has 0 aliphatic heterocycles. The number of ketones is 2. The van der Waals surface area contributed by atoms with E-state index in [9.17, 15) is 14.4 Å². The van der Waals surface area contributed by atoms with Gasteiger partial charge in [0.2, 0.25) is 0 Å². The molecule has 0 atom stereocenters. The lowest BCUT2D eigenvalue weighted by molar-refractivity contribution is -0.145. The Morgan fingerprint density at radius 1 is 0.650 bits per heavy atom. The van der Waals surface area contributed by atoms with Gasteiger partial charge in [0, 0.05) is 28.7 Å². The van der Waals surface area contributed by atoms with E-state index in [4.69, 9.17) is 14.6 Å². The Kier molecular flexibility index (Phi) is 11.2. The van der Waals surface area contributed by atoms with Crippen LogP contribution >= 0.6 is 15.9 Å². The van der Waals surface area contributed by atoms with Gasteiger partial charge in [0.15, 0.2) is 11.6 Å². The molecule has 0 fully saturated rings. The summed E-state index contributed by atoms with van der Waals surface area (Å²) < 4.78 is 10.1. The van der Waals surface area contributed by atoms with E-state index in [1.807, 2.05) is 36.4 Å². The number of hydrogen-bond acceptors (Lipinski definition) is 6. The van der Waals surface area contributed by atoms with E-state index in [1.165, 1.54) is 12.1 Å². The summed E-state index contributed by atoms with van der Waals surface area (Å²) in [7, 11) is 0. The van der Waals surface area contributed by atoms with E-state index in [2.05, 4.69) is 15.9 Å². The molecule has 0 spiro atoms. The van der Waals surface area contributed by atoms with Gasteiger partial charge in [-0.25, -0.2) is 0 Å². The first kappa shape index (κ1) is 30.3. The van der Waals surface area contributed by atoms with Crippen molar-refractivity contribution in [3.05, 3.63) is 131 Å². The first-order chi connectivity index (χ1) is 19.1. The average molecular weight is 604 g/mol. The fourth-order valence-electron chi connectivity index (χ4n) is 3.41. The number of ether oxygens (including phenoxy) is 2. The molecule has 4 aromatic carbocycles. The van der Waals surface area contributed by atoms with Crippen LogP contribution in [-0.4, -0.2) is 40.2 Å². The minimum Gasteiger partial charge on any atom is -0.508 e. The Morgan fingerprint density at radius 2 is 1.07 bits per heavy atom. The van der Waals surface area contributed by atoms with Gasteiger partial charge < -0.3 is 14.6 Å². The highest BCUT2D eigenvalue weighted by Crippen LogP contribution is 2.18. The molecule has 0 saturated carbocycles. The highest BCUT2D eigenvalue weighted by atomic mass is 79.9. The molecular weight excluding hydrogens is 572 g/mol. The number of phenols is 1. The summed E-state index contributed by atoms with van der Waals surface area (Å²) in [6.07, 6.45) is 0.597. The molecule has 0 aliphatic rings. The Hall–Kier alpha value is -4.23. The third-order valence-corrected chi connectivity index (χ3v) is 5.92. The molecule has 4 rings (SSSR count). The van der Waals surface area contributed by atoms with E-state index in [0.717, 1.165) is 0 Å². The molecule has 0 aliphatic carbocycles. The maximum Gasteiger partial charge on any atom is 0.322 e. The minimum absolute atomic E-state index is 0.0172. The van der Waals surface area contributed by atoms with Crippen molar-refractivity contribution in [1.82, 2.24) is 0 Å². The van der Waals surface area contributed by atoms with Crippen LogP contribution in [0.4, 0.5) is 0 Å². The summed E-state index contributed by atoms with van der Waals surface area (Å²) in [5.74, 6) is 0.500. The van der Waals surface area contributed by atoms with E-state index >= 15 is 0 Å². The highest BCUT2D eigenvalue weighted by molar-refractivity contribution is 9.10. The van der Waals surface area contributed by atoms with Crippen LogP contribution in [0.5, 0.6) is 11.5 Å². The monoisotopic (exact) mass is 602 g/mol. The van der Waals surface area contributed by atoms with Gasteiger partial charge in [-0.3, -0.25) is 14.4 Å². The first-order valence-corrected chi connectivity index (χ1v) is 13.5. The lowest BCUT2D eigenvalue weighted by Crippen LogP contribution is -2.27. The lowest BCUT2D eigenvalue weighted by Gasteiger charge is -2.14. The number of rotatable bonds is 10. The summed E-state index contributed by atoms with van der Waals surface area (Å²) in [6.45, 7) is 4.22. The lowest BCUT2D eigenvalue weighted by atomic mass is 10.0. The second kappa shape index (κ2) is 14.8. The average Bonchev–Trinajstić information content (AvgIpc) is 2.97. The van der Waals surface area contributed by atoms with Crippen molar-refractivity contribution in [2.45, 2.75) is 24.6 Å². The third kappa shape index (κ3) is 9.50. The predicted octanol–water partition coefficient (Wildman–Crippen LogP) is 7.03. The molecule has 4 aromatic rings. The molecule has 1 N–H and O–H groups in total. The fraction of sp³-hybridized carbons (Fsp3) is 0.182. The molecule has 0 radical (unpaired) electrons. The van der Waals surface area contributed by atoms with Crippen molar-refractivity contribution in [3.63, 3.8) is 0 Å². The summed E-state index contributed by atoms with van der Waals surface area (Å²) in [5.41, 5.74) is 2.52. The van der Waals surface area contributed by atoms with Gasteiger partial charge in [0.1, 0.15) is 15.8 Å². The smallest absolute Gasteiger partial charge is 0.322 e. The van der Waals surface area contributed by atoms with Crippen molar-refractivity contribution in [2.75, 3.05) is 13.2 Å². The summed E-state index contributed by atoms with van der Waals surface area (Å²) >= 11 is 3.25. The SMILES string of the molecule is CC(C)(Br)C(=O)OCCCOc1ccc(C(=O)c2ccccc2)cc1.O=C(c1ccccc1)c1ccc(O)cc1. The molecule has 0 saturated heterocycles. The summed E-state index contributed by atoms with van der Waals surface area (Å²) in [5, 5.41) is 9.10. The van der Waals surface area contributed by atoms with Crippen molar-refractivity contribution < 1.29 is 29.0 Å². The number of halogens is 1. The topological polar surface area (TPSA) is 89.9 Å². The molecule has 0 heterocycles. The quantitative estimate of drug-likeness (QED) is 0.0907. The first-order valence-electron chi connectivity index (χ1n) is 12.7. The van der Waals surface area contributed by atoms with Gasteiger partial charge in [-0.2, -0.15) is 0 Å².